The van der Waals surface area contributed by atoms with Gasteiger partial charge in [0.25, 0.3) is 0 Å². The zero-order valence-electron chi connectivity index (χ0n) is 14.3. The van der Waals surface area contributed by atoms with Crippen LogP contribution in [0.5, 0.6) is 0 Å². The molecule has 124 valence electrons. The van der Waals surface area contributed by atoms with Crippen molar-refractivity contribution in [3.63, 3.8) is 0 Å². The van der Waals surface area contributed by atoms with Gasteiger partial charge in [0.1, 0.15) is 5.60 Å². The van der Waals surface area contributed by atoms with E-state index < -0.39 is 0 Å². The van der Waals surface area contributed by atoms with E-state index in [1.54, 1.807) is 4.90 Å². The van der Waals surface area contributed by atoms with Gasteiger partial charge in [0.05, 0.1) is 0 Å². The van der Waals surface area contributed by atoms with Gasteiger partial charge in [-0.2, -0.15) is 0 Å². The minimum atomic E-state index is -0.354. The summed E-state index contributed by atoms with van der Waals surface area (Å²) in [5, 5.41) is 0. The van der Waals surface area contributed by atoms with Crippen LogP contribution in [0.3, 0.4) is 0 Å². The molecule has 0 aromatic rings. The van der Waals surface area contributed by atoms with Crippen molar-refractivity contribution in [2.75, 3.05) is 26.3 Å². The van der Waals surface area contributed by atoms with Gasteiger partial charge in [-0.3, -0.25) is 0 Å². The lowest BCUT2D eigenvalue weighted by Crippen LogP contribution is -2.44. The first kappa shape index (κ1) is 18.3. The monoisotopic (exact) mass is 299 g/mol. The third kappa shape index (κ3) is 8.30. The molecular formula is C17H33NO3. The molecule has 4 heteroatoms. The number of hydrogen-bond acceptors (Lipinski definition) is 3. The molecule has 0 unspecified atom stereocenters. The zero-order chi connectivity index (χ0) is 15.7. The maximum absolute atomic E-state index is 11.1. The van der Waals surface area contributed by atoms with Crippen molar-refractivity contribution in [3.8, 4) is 0 Å². The van der Waals surface area contributed by atoms with E-state index in [-0.39, 0.29) is 11.7 Å². The highest BCUT2D eigenvalue weighted by Gasteiger charge is 2.25. The second-order valence-corrected chi connectivity index (χ2v) is 6.98. The number of carbonyl (C=O) groups excluding carboxylic acids is 1. The molecule has 21 heavy (non-hydrogen) atoms. The molecule has 0 atom stereocenters. The van der Waals surface area contributed by atoms with E-state index in [2.05, 4.69) is 6.92 Å². The normalized spacial score (nSPS) is 19.3. The topological polar surface area (TPSA) is 38.8 Å². The first-order valence-corrected chi connectivity index (χ1v) is 8.48. The fraction of sp³-hybridized carbons (Fsp3) is 0.941. The first-order chi connectivity index (χ1) is 9.92. The molecule has 0 aromatic carbocycles. The average molecular weight is 299 g/mol. The first-order valence-electron chi connectivity index (χ1n) is 8.48. The summed E-state index contributed by atoms with van der Waals surface area (Å²) in [6.07, 6.45) is 8.04. The Morgan fingerprint density at radius 3 is 2.14 bits per heavy atom. The number of rotatable bonds is 3. The quantitative estimate of drug-likeness (QED) is 0.782. The highest BCUT2D eigenvalue weighted by molar-refractivity contribution is 5.68. The van der Waals surface area contributed by atoms with Crippen LogP contribution in [0.15, 0.2) is 0 Å². The lowest BCUT2D eigenvalue weighted by Gasteiger charge is -2.32. The second-order valence-electron chi connectivity index (χ2n) is 6.98. The van der Waals surface area contributed by atoms with Crippen molar-refractivity contribution >= 4 is 6.09 Å². The predicted molar refractivity (Wildman–Crippen MR) is 85.5 cm³/mol. The Morgan fingerprint density at radius 1 is 1.10 bits per heavy atom. The molecule has 4 nitrogen and oxygen atoms in total. The summed E-state index contributed by atoms with van der Waals surface area (Å²) in [6, 6.07) is 0. The molecule has 0 aromatic heterocycles. The van der Waals surface area contributed by atoms with Gasteiger partial charge >= 0.3 is 6.09 Å². The van der Waals surface area contributed by atoms with Crippen molar-refractivity contribution in [2.24, 2.45) is 5.92 Å². The van der Waals surface area contributed by atoms with E-state index in [9.17, 15) is 4.79 Å². The molecule has 1 amide bonds. The number of amides is 1. The van der Waals surface area contributed by atoms with Crippen LogP contribution in [0, 0.1) is 5.92 Å². The molecular weight excluding hydrogens is 266 g/mol. The fourth-order valence-electron chi connectivity index (χ4n) is 2.46. The lowest BCUT2D eigenvalue weighted by molar-refractivity contribution is 0.0131. The van der Waals surface area contributed by atoms with E-state index in [4.69, 9.17) is 9.47 Å². The minimum Gasteiger partial charge on any atom is -0.444 e. The number of hydrogen-bond donors (Lipinski definition) is 0. The number of ether oxygens (including phenoxy) is 2. The Balaban J connectivity index is 0.000000211. The van der Waals surface area contributed by atoms with Crippen LogP contribution in [0.4, 0.5) is 4.79 Å². The molecule has 0 bridgehead atoms. The summed E-state index contributed by atoms with van der Waals surface area (Å²) in [4.78, 5) is 12.9. The summed E-state index contributed by atoms with van der Waals surface area (Å²) < 4.78 is 10.5. The van der Waals surface area contributed by atoms with Gasteiger partial charge in [-0.05, 0) is 52.9 Å². The van der Waals surface area contributed by atoms with Gasteiger partial charge in [0, 0.05) is 26.3 Å². The summed E-state index contributed by atoms with van der Waals surface area (Å²) in [5.41, 5.74) is -0.354. The minimum absolute atomic E-state index is 0.177. The molecule has 1 heterocycles. The third-order valence-electron chi connectivity index (χ3n) is 3.79. The zero-order valence-corrected chi connectivity index (χ0v) is 14.3. The molecule has 0 radical (unpaired) electrons. The van der Waals surface area contributed by atoms with Gasteiger partial charge < -0.3 is 14.4 Å². The summed E-state index contributed by atoms with van der Waals surface area (Å²) >= 11 is 0. The van der Waals surface area contributed by atoms with Crippen molar-refractivity contribution < 1.29 is 14.3 Å². The molecule has 2 rings (SSSR count). The summed E-state index contributed by atoms with van der Waals surface area (Å²) in [6.45, 7) is 11.3. The van der Waals surface area contributed by atoms with Crippen molar-refractivity contribution in [1.29, 1.82) is 0 Å². The Kier molecular flexibility index (Phi) is 8.09. The van der Waals surface area contributed by atoms with Gasteiger partial charge in [-0.15, -0.1) is 0 Å². The van der Waals surface area contributed by atoms with Crippen LogP contribution in [0.2, 0.25) is 0 Å². The van der Waals surface area contributed by atoms with Crippen LogP contribution in [0.25, 0.3) is 0 Å². The Morgan fingerprint density at radius 2 is 1.71 bits per heavy atom. The smallest absolute Gasteiger partial charge is 0.410 e. The van der Waals surface area contributed by atoms with Crippen molar-refractivity contribution in [1.82, 2.24) is 4.90 Å². The number of carbonyl (C=O) groups is 1. The molecule has 1 aliphatic heterocycles. The fourth-order valence-corrected chi connectivity index (χ4v) is 2.46. The molecule has 1 saturated carbocycles. The molecule has 2 fully saturated rings. The molecule has 1 aliphatic carbocycles. The maximum Gasteiger partial charge on any atom is 0.410 e. The summed E-state index contributed by atoms with van der Waals surface area (Å²) in [5.74, 6) is 0.883. The van der Waals surface area contributed by atoms with E-state index in [1.807, 2.05) is 20.8 Å². The van der Waals surface area contributed by atoms with Gasteiger partial charge in [-0.25, -0.2) is 4.79 Å². The number of likely N-dealkylation sites (tertiary alicyclic amines) is 1. The predicted octanol–water partition coefficient (Wildman–Crippen LogP) is 4.23. The van der Waals surface area contributed by atoms with E-state index >= 15 is 0 Å². The maximum atomic E-state index is 11.1. The van der Waals surface area contributed by atoms with E-state index in [1.165, 1.54) is 32.1 Å². The van der Waals surface area contributed by atoms with E-state index in [0.717, 1.165) is 38.6 Å². The average Bonchev–Trinajstić information content (AvgIpc) is 2.34. The van der Waals surface area contributed by atoms with Crippen LogP contribution in [-0.4, -0.2) is 42.9 Å². The Labute approximate surface area is 130 Å². The molecule has 0 N–H and O–H groups in total. The largest absolute Gasteiger partial charge is 0.444 e. The lowest BCUT2D eigenvalue weighted by atomic mass is 9.90. The van der Waals surface area contributed by atoms with Gasteiger partial charge in [0.15, 0.2) is 0 Å². The highest BCUT2D eigenvalue weighted by Crippen LogP contribution is 2.23. The molecule has 0 spiro atoms. The standard InChI is InChI=1S/C9H18O.C8H15NO2/c1-2-10-8-9-6-4-3-5-7-9;1-8(2,3)11-7(10)9-5-4-6-9/h9H,2-8H2,1H3;4-6H2,1-3H3. The van der Waals surface area contributed by atoms with Crippen molar-refractivity contribution in [3.05, 3.63) is 0 Å². The SMILES string of the molecule is CC(C)(C)OC(=O)N1CCC1.CCOCC1CCCCC1. The summed E-state index contributed by atoms with van der Waals surface area (Å²) in [7, 11) is 0. The second kappa shape index (κ2) is 9.29. The Bertz CT molecular complexity index is 289. The van der Waals surface area contributed by atoms with E-state index in [0.29, 0.717) is 0 Å². The van der Waals surface area contributed by atoms with Gasteiger partial charge in [-0.1, -0.05) is 19.3 Å². The van der Waals surface area contributed by atoms with Crippen LogP contribution in [-0.2, 0) is 9.47 Å². The highest BCUT2D eigenvalue weighted by atomic mass is 16.6. The van der Waals surface area contributed by atoms with Crippen molar-refractivity contribution in [2.45, 2.75) is 71.8 Å². The third-order valence-corrected chi connectivity index (χ3v) is 3.79. The number of nitrogens with zero attached hydrogens (tertiary/aromatic N) is 1. The molecule has 2 aliphatic rings. The van der Waals surface area contributed by atoms with Crippen LogP contribution < -0.4 is 0 Å². The van der Waals surface area contributed by atoms with Crippen LogP contribution in [0.1, 0.15) is 66.2 Å². The molecule has 1 saturated heterocycles. The van der Waals surface area contributed by atoms with Crippen LogP contribution >= 0.6 is 0 Å². The Hall–Kier alpha value is -0.770. The van der Waals surface area contributed by atoms with Gasteiger partial charge in [0.2, 0.25) is 0 Å².